The molecule has 0 radical (unpaired) electrons. The summed E-state index contributed by atoms with van der Waals surface area (Å²) >= 11 is 0. The highest BCUT2D eigenvalue weighted by Gasteiger charge is 2.12. The topological polar surface area (TPSA) is 70.9 Å². The van der Waals surface area contributed by atoms with Crippen molar-refractivity contribution in [2.45, 2.75) is 46.7 Å². The molecule has 0 aliphatic heterocycles. The Balaban J connectivity index is 1.99. The lowest BCUT2D eigenvalue weighted by molar-refractivity contribution is 0.182. The van der Waals surface area contributed by atoms with Crippen molar-refractivity contribution in [2.75, 3.05) is 23.7 Å². The molecule has 7 heteroatoms. The highest BCUT2D eigenvalue weighted by Crippen LogP contribution is 2.15. The molecule has 0 aromatic carbocycles. The van der Waals surface area contributed by atoms with E-state index in [1.54, 1.807) is 10.9 Å². The molecule has 0 saturated heterocycles. The number of rotatable bonds is 8. The fourth-order valence-corrected chi connectivity index (χ4v) is 2.75. The smallest absolute Gasteiger partial charge is 0.230 e. The van der Waals surface area contributed by atoms with Crippen molar-refractivity contribution in [3.8, 4) is 0 Å². The van der Waals surface area contributed by atoms with Crippen LogP contribution in [0.5, 0.6) is 0 Å². The van der Waals surface area contributed by atoms with Crippen LogP contribution in [-0.4, -0.2) is 49.8 Å². The van der Waals surface area contributed by atoms with Gasteiger partial charge in [0.05, 0.1) is 6.20 Å². The first kappa shape index (κ1) is 18.2. The largest absolute Gasteiger partial charge is 0.369 e. The number of nitrogens with zero attached hydrogens (tertiary/aromatic N) is 5. The summed E-state index contributed by atoms with van der Waals surface area (Å²) in [6.45, 7) is 12.7. The Morgan fingerprint density at radius 1 is 1.17 bits per heavy atom. The van der Waals surface area contributed by atoms with Crippen molar-refractivity contribution in [1.29, 1.82) is 0 Å². The predicted octanol–water partition coefficient (Wildman–Crippen LogP) is 2.79. The molecule has 0 aliphatic rings. The Labute approximate surface area is 144 Å². The van der Waals surface area contributed by atoms with Gasteiger partial charge in [-0.15, -0.1) is 0 Å². The SMILES string of the molecule is Cc1cc(NCCN(C(C)C)C(C)C)nc(Nc2ccnn2C)n1. The van der Waals surface area contributed by atoms with Crippen LogP contribution in [-0.2, 0) is 7.05 Å². The Morgan fingerprint density at radius 2 is 1.88 bits per heavy atom. The summed E-state index contributed by atoms with van der Waals surface area (Å²) in [6, 6.07) is 4.91. The fourth-order valence-electron chi connectivity index (χ4n) is 2.75. The minimum atomic E-state index is 0.529. The first-order valence-corrected chi connectivity index (χ1v) is 8.47. The lowest BCUT2D eigenvalue weighted by Crippen LogP contribution is -2.40. The van der Waals surface area contributed by atoms with Gasteiger partial charge in [-0.1, -0.05) is 0 Å². The molecule has 0 atom stereocenters. The molecular formula is C17H29N7. The van der Waals surface area contributed by atoms with Gasteiger partial charge in [0.25, 0.3) is 0 Å². The molecule has 2 aromatic rings. The van der Waals surface area contributed by atoms with E-state index in [0.717, 1.165) is 30.4 Å². The molecular weight excluding hydrogens is 302 g/mol. The third-order valence-corrected chi connectivity index (χ3v) is 3.92. The summed E-state index contributed by atoms with van der Waals surface area (Å²) < 4.78 is 1.75. The molecule has 24 heavy (non-hydrogen) atoms. The highest BCUT2D eigenvalue weighted by atomic mass is 15.3. The van der Waals surface area contributed by atoms with E-state index in [9.17, 15) is 0 Å². The zero-order valence-corrected chi connectivity index (χ0v) is 15.5. The van der Waals surface area contributed by atoms with Gasteiger partial charge in [-0.2, -0.15) is 10.1 Å². The van der Waals surface area contributed by atoms with Crippen molar-refractivity contribution < 1.29 is 0 Å². The average molecular weight is 331 g/mol. The second-order valence-electron chi connectivity index (χ2n) is 6.54. The van der Waals surface area contributed by atoms with Gasteiger partial charge in [-0.25, -0.2) is 4.98 Å². The van der Waals surface area contributed by atoms with Gasteiger partial charge >= 0.3 is 0 Å². The molecule has 2 aromatic heterocycles. The summed E-state index contributed by atoms with van der Waals surface area (Å²) in [5, 5.41) is 10.7. The number of aryl methyl sites for hydroxylation is 2. The second kappa shape index (κ2) is 8.10. The Bertz CT molecular complexity index is 640. The molecule has 0 fully saturated rings. The van der Waals surface area contributed by atoms with Gasteiger partial charge in [0, 0.05) is 50.0 Å². The van der Waals surface area contributed by atoms with Gasteiger partial charge in [0.2, 0.25) is 5.95 Å². The van der Waals surface area contributed by atoms with E-state index in [1.807, 2.05) is 26.1 Å². The van der Waals surface area contributed by atoms with Gasteiger partial charge in [-0.3, -0.25) is 9.58 Å². The van der Waals surface area contributed by atoms with Gasteiger partial charge in [-0.05, 0) is 34.6 Å². The Hall–Kier alpha value is -2.15. The summed E-state index contributed by atoms with van der Waals surface area (Å²) in [7, 11) is 1.88. The van der Waals surface area contributed by atoms with Crippen LogP contribution in [0.2, 0.25) is 0 Å². The predicted molar refractivity (Wildman–Crippen MR) is 98.7 cm³/mol. The maximum Gasteiger partial charge on any atom is 0.230 e. The monoisotopic (exact) mass is 331 g/mol. The van der Waals surface area contributed by atoms with Crippen molar-refractivity contribution in [1.82, 2.24) is 24.6 Å². The minimum absolute atomic E-state index is 0.529. The van der Waals surface area contributed by atoms with Crippen molar-refractivity contribution in [3.05, 3.63) is 24.0 Å². The molecule has 7 nitrogen and oxygen atoms in total. The molecule has 2 rings (SSSR count). The lowest BCUT2D eigenvalue weighted by atomic mass is 10.2. The Kier molecular flexibility index (Phi) is 6.14. The zero-order valence-electron chi connectivity index (χ0n) is 15.5. The molecule has 0 aliphatic carbocycles. The van der Waals surface area contributed by atoms with Crippen LogP contribution in [0.25, 0.3) is 0 Å². The van der Waals surface area contributed by atoms with Crippen LogP contribution in [0.15, 0.2) is 18.3 Å². The maximum atomic E-state index is 4.54. The summed E-state index contributed by atoms with van der Waals surface area (Å²) in [4.78, 5) is 11.4. The van der Waals surface area contributed by atoms with Crippen LogP contribution < -0.4 is 10.6 Å². The molecule has 0 bridgehead atoms. The number of hydrogen-bond donors (Lipinski definition) is 2. The summed E-state index contributed by atoms with van der Waals surface area (Å²) in [5.74, 6) is 2.27. The average Bonchev–Trinajstić information content (AvgIpc) is 2.87. The number of nitrogens with one attached hydrogen (secondary N) is 2. The molecule has 0 unspecified atom stereocenters. The molecule has 2 heterocycles. The maximum absolute atomic E-state index is 4.54. The normalized spacial score (nSPS) is 11.5. The van der Waals surface area contributed by atoms with E-state index in [-0.39, 0.29) is 0 Å². The minimum Gasteiger partial charge on any atom is -0.369 e. The fraction of sp³-hybridized carbons (Fsp3) is 0.588. The second-order valence-corrected chi connectivity index (χ2v) is 6.54. The van der Waals surface area contributed by atoms with E-state index in [2.05, 4.69) is 58.3 Å². The summed E-state index contributed by atoms with van der Waals surface area (Å²) in [6.07, 6.45) is 1.74. The first-order chi connectivity index (χ1) is 11.4. The number of aromatic nitrogens is 4. The standard InChI is InChI=1S/C17H29N7/c1-12(2)24(13(3)4)10-9-18-15-11-14(5)20-17(21-15)22-16-7-8-19-23(16)6/h7-8,11-13H,9-10H2,1-6H3,(H2,18,20,21,22). The first-order valence-electron chi connectivity index (χ1n) is 8.47. The molecule has 132 valence electrons. The zero-order chi connectivity index (χ0) is 17.7. The molecule has 2 N–H and O–H groups in total. The van der Waals surface area contributed by atoms with E-state index in [0.29, 0.717) is 18.0 Å². The molecule has 0 amide bonds. The van der Waals surface area contributed by atoms with Crippen LogP contribution in [0, 0.1) is 6.92 Å². The quantitative estimate of drug-likeness (QED) is 0.775. The van der Waals surface area contributed by atoms with E-state index < -0.39 is 0 Å². The molecule has 0 spiro atoms. The van der Waals surface area contributed by atoms with E-state index in [1.165, 1.54) is 0 Å². The van der Waals surface area contributed by atoms with Crippen molar-refractivity contribution in [2.24, 2.45) is 7.05 Å². The van der Waals surface area contributed by atoms with Gasteiger partial charge < -0.3 is 10.6 Å². The van der Waals surface area contributed by atoms with E-state index >= 15 is 0 Å². The Morgan fingerprint density at radius 3 is 2.46 bits per heavy atom. The lowest BCUT2D eigenvalue weighted by Gasteiger charge is -2.30. The third-order valence-electron chi connectivity index (χ3n) is 3.92. The van der Waals surface area contributed by atoms with Crippen LogP contribution in [0.4, 0.5) is 17.6 Å². The number of hydrogen-bond acceptors (Lipinski definition) is 6. The van der Waals surface area contributed by atoms with Crippen LogP contribution in [0.3, 0.4) is 0 Å². The number of anilines is 3. The van der Waals surface area contributed by atoms with Crippen LogP contribution >= 0.6 is 0 Å². The van der Waals surface area contributed by atoms with Crippen molar-refractivity contribution >= 4 is 17.6 Å². The van der Waals surface area contributed by atoms with Gasteiger partial charge in [0.15, 0.2) is 0 Å². The van der Waals surface area contributed by atoms with E-state index in [4.69, 9.17) is 0 Å². The van der Waals surface area contributed by atoms with Crippen molar-refractivity contribution in [3.63, 3.8) is 0 Å². The highest BCUT2D eigenvalue weighted by molar-refractivity contribution is 5.51. The molecule has 0 saturated carbocycles. The van der Waals surface area contributed by atoms with Crippen LogP contribution in [0.1, 0.15) is 33.4 Å². The summed E-state index contributed by atoms with van der Waals surface area (Å²) in [5.41, 5.74) is 0.918. The van der Waals surface area contributed by atoms with Gasteiger partial charge in [0.1, 0.15) is 11.6 Å². The third kappa shape index (κ3) is 4.92.